The Kier molecular flexibility index (Phi) is 5.78. The van der Waals surface area contributed by atoms with Gasteiger partial charge in [0.05, 0.1) is 29.0 Å². The van der Waals surface area contributed by atoms with Gasteiger partial charge >= 0.3 is 11.9 Å². The van der Waals surface area contributed by atoms with Crippen LogP contribution >= 0.6 is 11.6 Å². The van der Waals surface area contributed by atoms with E-state index in [9.17, 15) is 14.4 Å². The third kappa shape index (κ3) is 4.05. The Bertz CT molecular complexity index is 1200. The number of nitrogens with one attached hydrogen (secondary N) is 1. The summed E-state index contributed by atoms with van der Waals surface area (Å²) in [5, 5.41) is 0.936. The smallest absolute Gasteiger partial charge is 0.337 e. The quantitative estimate of drug-likeness (QED) is 0.604. The van der Waals surface area contributed by atoms with E-state index in [4.69, 9.17) is 21.1 Å². The number of ether oxygens (including phenoxy) is 2. The molecule has 1 fully saturated rings. The van der Waals surface area contributed by atoms with Crippen LogP contribution in [0.25, 0.3) is 10.9 Å². The van der Waals surface area contributed by atoms with E-state index >= 15 is 0 Å². The highest BCUT2D eigenvalue weighted by atomic mass is 35.5. The number of rotatable bonds is 5. The maximum absolute atomic E-state index is 13.1. The van der Waals surface area contributed by atoms with Crippen LogP contribution in [0.15, 0.2) is 47.3 Å². The van der Waals surface area contributed by atoms with Gasteiger partial charge in [0.2, 0.25) is 0 Å². The number of aromatic amines is 1. The molecule has 31 heavy (non-hydrogen) atoms. The number of carbonyl (C=O) groups excluding carboxylic acids is 2. The number of aromatic nitrogens is 2. The normalized spacial score (nSPS) is 15.0. The first-order chi connectivity index (χ1) is 14.9. The Labute approximate surface area is 183 Å². The zero-order chi connectivity index (χ0) is 22.0. The van der Waals surface area contributed by atoms with E-state index in [0.717, 1.165) is 18.4 Å². The van der Waals surface area contributed by atoms with Crippen molar-refractivity contribution in [3.8, 4) is 0 Å². The van der Waals surface area contributed by atoms with E-state index < -0.39 is 11.4 Å². The fourth-order valence-electron chi connectivity index (χ4n) is 4.13. The van der Waals surface area contributed by atoms with Crippen molar-refractivity contribution in [3.05, 3.63) is 74.8 Å². The molecule has 2 aromatic carbocycles. The van der Waals surface area contributed by atoms with Crippen LogP contribution < -0.4 is 5.56 Å². The van der Waals surface area contributed by atoms with Gasteiger partial charge in [-0.3, -0.25) is 9.59 Å². The maximum atomic E-state index is 13.1. The van der Waals surface area contributed by atoms with Gasteiger partial charge in [-0.15, -0.1) is 0 Å². The van der Waals surface area contributed by atoms with Gasteiger partial charge in [-0.05, 0) is 48.7 Å². The molecule has 0 bridgehead atoms. The van der Waals surface area contributed by atoms with Gasteiger partial charge in [-0.1, -0.05) is 36.6 Å². The van der Waals surface area contributed by atoms with Gasteiger partial charge in [0.25, 0.3) is 5.56 Å². The number of fused-ring (bicyclic) bond motifs is 1. The summed E-state index contributed by atoms with van der Waals surface area (Å²) in [6, 6.07) is 11.8. The van der Waals surface area contributed by atoms with Crippen molar-refractivity contribution in [3.63, 3.8) is 0 Å². The molecule has 0 aliphatic heterocycles. The second-order valence-electron chi connectivity index (χ2n) is 7.61. The molecular formula is C23H21ClN2O5. The average molecular weight is 441 g/mol. The molecule has 0 atom stereocenters. The van der Waals surface area contributed by atoms with E-state index in [1.807, 2.05) is 12.1 Å². The zero-order valence-corrected chi connectivity index (χ0v) is 17.7. The summed E-state index contributed by atoms with van der Waals surface area (Å²) in [6.07, 6.45) is 3.24. The van der Waals surface area contributed by atoms with Crippen LogP contribution in [0.2, 0.25) is 5.02 Å². The van der Waals surface area contributed by atoms with Crippen LogP contribution in [0.5, 0.6) is 0 Å². The third-order valence-corrected chi connectivity index (χ3v) is 6.01. The molecular weight excluding hydrogens is 420 g/mol. The number of esters is 2. The second-order valence-corrected chi connectivity index (χ2v) is 8.04. The standard InChI is InChI=1S/C23H21ClN2O5/c1-30-21(28)14-4-9-17-18(12-14)25-19(26-20(17)27)13-31-22(29)23(10-2-3-11-23)15-5-7-16(24)8-6-15/h4-9,12H,2-3,10-11,13H2,1H3,(H,25,26,27). The molecule has 0 unspecified atom stereocenters. The van der Waals surface area contributed by atoms with E-state index in [1.54, 1.807) is 12.1 Å². The fourth-order valence-corrected chi connectivity index (χ4v) is 4.26. The van der Waals surface area contributed by atoms with Crippen molar-refractivity contribution in [1.29, 1.82) is 0 Å². The second kappa shape index (κ2) is 8.51. The number of H-pyrrole nitrogens is 1. The summed E-state index contributed by atoms with van der Waals surface area (Å²) in [7, 11) is 1.28. The molecule has 1 aliphatic carbocycles. The van der Waals surface area contributed by atoms with Crippen LogP contribution in [0.3, 0.4) is 0 Å². The molecule has 1 aliphatic rings. The Morgan fingerprint density at radius 1 is 1.13 bits per heavy atom. The molecule has 1 aromatic heterocycles. The molecule has 3 aromatic rings. The van der Waals surface area contributed by atoms with Crippen molar-refractivity contribution in [1.82, 2.24) is 9.97 Å². The first kappa shape index (κ1) is 21.1. The lowest BCUT2D eigenvalue weighted by Gasteiger charge is -2.27. The summed E-state index contributed by atoms with van der Waals surface area (Å²) in [6.45, 7) is -0.179. The number of methoxy groups -OCH3 is 1. The van der Waals surface area contributed by atoms with E-state index in [-0.39, 0.29) is 29.5 Å². The van der Waals surface area contributed by atoms with Crippen molar-refractivity contribution in [2.24, 2.45) is 0 Å². The van der Waals surface area contributed by atoms with Gasteiger partial charge < -0.3 is 14.5 Å². The molecule has 0 radical (unpaired) electrons. The van der Waals surface area contributed by atoms with E-state index in [1.165, 1.54) is 25.3 Å². The van der Waals surface area contributed by atoms with Crippen molar-refractivity contribution in [2.75, 3.05) is 7.11 Å². The Morgan fingerprint density at radius 3 is 2.52 bits per heavy atom. The van der Waals surface area contributed by atoms with Crippen molar-refractivity contribution in [2.45, 2.75) is 37.7 Å². The minimum atomic E-state index is -0.722. The van der Waals surface area contributed by atoms with Crippen LogP contribution in [0.4, 0.5) is 0 Å². The van der Waals surface area contributed by atoms with Gasteiger partial charge in [-0.25, -0.2) is 9.78 Å². The summed E-state index contributed by atoms with van der Waals surface area (Å²) in [5.41, 5.74) is 0.386. The monoisotopic (exact) mass is 440 g/mol. The van der Waals surface area contributed by atoms with E-state index in [0.29, 0.717) is 28.8 Å². The van der Waals surface area contributed by atoms with Crippen molar-refractivity contribution >= 4 is 34.4 Å². The Hall–Kier alpha value is -3.19. The number of hydrogen-bond donors (Lipinski definition) is 1. The predicted octanol–water partition coefficient (Wildman–Crippen LogP) is 3.92. The molecule has 4 rings (SSSR count). The number of benzene rings is 2. The largest absolute Gasteiger partial charge is 0.465 e. The van der Waals surface area contributed by atoms with Crippen LogP contribution in [0, 0.1) is 0 Å². The lowest BCUT2D eigenvalue weighted by molar-refractivity contribution is -0.152. The molecule has 0 amide bonds. The topological polar surface area (TPSA) is 98.4 Å². The highest BCUT2D eigenvalue weighted by Crippen LogP contribution is 2.42. The zero-order valence-electron chi connectivity index (χ0n) is 16.9. The summed E-state index contributed by atoms with van der Waals surface area (Å²) in [5.74, 6) is -0.668. The number of carbonyl (C=O) groups is 2. The third-order valence-electron chi connectivity index (χ3n) is 5.76. The number of halogens is 1. The van der Waals surface area contributed by atoms with Crippen LogP contribution in [-0.4, -0.2) is 29.0 Å². The van der Waals surface area contributed by atoms with Gasteiger partial charge in [0, 0.05) is 5.02 Å². The lowest BCUT2D eigenvalue weighted by Crippen LogP contribution is -2.35. The molecule has 160 valence electrons. The highest BCUT2D eigenvalue weighted by Gasteiger charge is 2.44. The molecule has 1 N–H and O–H groups in total. The molecule has 8 heteroatoms. The molecule has 0 spiro atoms. The molecule has 7 nitrogen and oxygen atoms in total. The first-order valence-electron chi connectivity index (χ1n) is 9.97. The average Bonchev–Trinajstić information content (AvgIpc) is 3.28. The SMILES string of the molecule is COC(=O)c1ccc2c(=O)[nH]c(COC(=O)C3(c4ccc(Cl)cc4)CCCC3)nc2c1. The van der Waals surface area contributed by atoms with Gasteiger partial charge in [0.1, 0.15) is 12.4 Å². The molecule has 0 saturated heterocycles. The van der Waals surface area contributed by atoms with E-state index in [2.05, 4.69) is 9.97 Å². The van der Waals surface area contributed by atoms with Gasteiger partial charge in [0.15, 0.2) is 0 Å². The molecule has 1 heterocycles. The number of nitrogens with zero attached hydrogens (tertiary/aromatic N) is 1. The highest BCUT2D eigenvalue weighted by molar-refractivity contribution is 6.30. The number of hydrogen-bond acceptors (Lipinski definition) is 6. The lowest BCUT2D eigenvalue weighted by atomic mass is 9.79. The molecule has 1 saturated carbocycles. The Morgan fingerprint density at radius 2 is 1.84 bits per heavy atom. The summed E-state index contributed by atoms with van der Waals surface area (Å²) < 4.78 is 10.3. The van der Waals surface area contributed by atoms with Crippen molar-refractivity contribution < 1.29 is 19.1 Å². The summed E-state index contributed by atoms with van der Waals surface area (Å²) in [4.78, 5) is 44.3. The summed E-state index contributed by atoms with van der Waals surface area (Å²) >= 11 is 6.00. The van der Waals surface area contributed by atoms with Crippen LogP contribution in [0.1, 0.15) is 47.4 Å². The fraction of sp³-hybridized carbons (Fsp3) is 0.304. The van der Waals surface area contributed by atoms with Crippen LogP contribution in [-0.2, 0) is 26.3 Å². The van der Waals surface area contributed by atoms with Gasteiger partial charge in [-0.2, -0.15) is 0 Å². The maximum Gasteiger partial charge on any atom is 0.337 e. The predicted molar refractivity (Wildman–Crippen MR) is 115 cm³/mol. The minimum absolute atomic E-state index is 0.179. The minimum Gasteiger partial charge on any atom is -0.465 e. The Balaban J connectivity index is 1.58. The first-order valence-corrected chi connectivity index (χ1v) is 10.4.